The fraction of sp³-hybridized carbons (Fsp3) is 0.947. The van der Waals surface area contributed by atoms with Crippen LogP contribution in [0.4, 0.5) is 0 Å². The number of rotatable bonds is 9. The molecule has 1 rings (SSSR count). The molecule has 23 heavy (non-hydrogen) atoms. The third-order valence-electron chi connectivity index (χ3n) is 6.18. The van der Waals surface area contributed by atoms with Crippen LogP contribution in [0.1, 0.15) is 73.6 Å². The van der Waals surface area contributed by atoms with Gasteiger partial charge >= 0.3 is 5.97 Å². The Morgan fingerprint density at radius 2 is 1.78 bits per heavy atom. The lowest BCUT2D eigenvalue weighted by molar-refractivity contribution is -0.184. The first-order valence-electron chi connectivity index (χ1n) is 9.24. The van der Waals surface area contributed by atoms with Crippen molar-refractivity contribution < 1.29 is 14.3 Å². The summed E-state index contributed by atoms with van der Waals surface area (Å²) < 4.78 is 11.4. The third kappa shape index (κ3) is 5.67. The fourth-order valence-electron chi connectivity index (χ4n) is 3.13. The van der Waals surface area contributed by atoms with Crippen LogP contribution in [0.2, 0.25) is 0 Å². The highest BCUT2D eigenvalue weighted by molar-refractivity contribution is 7.99. The number of ether oxygens (including phenoxy) is 2. The van der Waals surface area contributed by atoms with Gasteiger partial charge < -0.3 is 9.47 Å². The molecule has 4 heteroatoms. The van der Waals surface area contributed by atoms with E-state index in [1.807, 2.05) is 0 Å². The lowest BCUT2D eigenvalue weighted by Gasteiger charge is -2.40. The van der Waals surface area contributed by atoms with Gasteiger partial charge in [-0.25, -0.2) is 0 Å². The second kappa shape index (κ2) is 9.31. The minimum atomic E-state index is -0.365. The van der Waals surface area contributed by atoms with Crippen molar-refractivity contribution in [3.63, 3.8) is 0 Å². The average Bonchev–Trinajstić information content (AvgIpc) is 2.59. The van der Waals surface area contributed by atoms with Crippen molar-refractivity contribution in [2.45, 2.75) is 79.9 Å². The van der Waals surface area contributed by atoms with Crippen molar-refractivity contribution in [1.82, 2.24) is 0 Å². The Labute approximate surface area is 147 Å². The van der Waals surface area contributed by atoms with Gasteiger partial charge in [0.1, 0.15) is 0 Å². The van der Waals surface area contributed by atoms with E-state index in [9.17, 15) is 4.79 Å². The molecule has 1 fully saturated rings. The Morgan fingerprint density at radius 1 is 1.17 bits per heavy atom. The number of hydrogen-bond acceptors (Lipinski definition) is 4. The predicted molar refractivity (Wildman–Crippen MR) is 98.6 cm³/mol. The molecule has 0 aromatic rings. The lowest BCUT2D eigenvalue weighted by atomic mass is 9.65. The van der Waals surface area contributed by atoms with E-state index in [1.54, 1.807) is 11.8 Å². The topological polar surface area (TPSA) is 35.5 Å². The standard InChI is InChI=1S/C19H36O3S/c1-7-18(5,8-2)13-15(19(6,9-3)10-4)17(20)22-16-14-23-12-11-21-16/h15-16H,7-14H2,1-6H3. The molecule has 1 heterocycles. The monoisotopic (exact) mass is 344 g/mol. The summed E-state index contributed by atoms with van der Waals surface area (Å²) in [7, 11) is 0. The van der Waals surface area contributed by atoms with Crippen molar-refractivity contribution in [3.05, 3.63) is 0 Å². The smallest absolute Gasteiger partial charge is 0.311 e. The summed E-state index contributed by atoms with van der Waals surface area (Å²) >= 11 is 1.80. The Kier molecular flexibility index (Phi) is 8.43. The van der Waals surface area contributed by atoms with Crippen LogP contribution in [0.5, 0.6) is 0 Å². The zero-order valence-corrected chi connectivity index (χ0v) is 16.8. The molecule has 136 valence electrons. The maximum atomic E-state index is 13.0. The highest BCUT2D eigenvalue weighted by atomic mass is 32.2. The summed E-state index contributed by atoms with van der Waals surface area (Å²) in [6, 6.07) is 0. The van der Waals surface area contributed by atoms with Gasteiger partial charge in [-0.2, -0.15) is 11.8 Å². The first kappa shape index (κ1) is 20.8. The third-order valence-corrected chi connectivity index (χ3v) is 7.14. The molecule has 0 N–H and O–H groups in total. The van der Waals surface area contributed by atoms with E-state index in [0.29, 0.717) is 6.61 Å². The van der Waals surface area contributed by atoms with Crippen LogP contribution in [-0.2, 0) is 14.3 Å². The summed E-state index contributed by atoms with van der Waals surface area (Å²) in [6.45, 7) is 14.0. The Hall–Kier alpha value is -0.220. The number of carbonyl (C=O) groups excluding carboxylic acids is 1. The molecular weight excluding hydrogens is 308 g/mol. The molecule has 0 bridgehead atoms. The lowest BCUT2D eigenvalue weighted by Crippen LogP contribution is -2.40. The van der Waals surface area contributed by atoms with E-state index in [4.69, 9.17) is 9.47 Å². The van der Waals surface area contributed by atoms with Crippen molar-refractivity contribution in [1.29, 1.82) is 0 Å². The molecule has 2 atom stereocenters. The molecule has 0 spiro atoms. The van der Waals surface area contributed by atoms with Crippen molar-refractivity contribution in [3.8, 4) is 0 Å². The normalized spacial score (nSPS) is 21.0. The van der Waals surface area contributed by atoms with E-state index in [2.05, 4.69) is 41.5 Å². The van der Waals surface area contributed by atoms with Crippen LogP contribution in [0.25, 0.3) is 0 Å². The molecule has 1 aliphatic rings. The Morgan fingerprint density at radius 3 is 2.22 bits per heavy atom. The Bertz CT molecular complexity index is 356. The first-order chi connectivity index (χ1) is 10.8. The molecule has 0 aliphatic carbocycles. The molecule has 0 aromatic carbocycles. The SMILES string of the molecule is CCC(C)(CC)CC(C(=O)OC1CSCCO1)C(C)(CC)CC. The van der Waals surface area contributed by atoms with Gasteiger partial charge in [-0.05, 0) is 30.1 Å². The van der Waals surface area contributed by atoms with Gasteiger partial charge in [0.15, 0.2) is 0 Å². The minimum absolute atomic E-state index is 0.00943. The number of carbonyl (C=O) groups is 1. The largest absolute Gasteiger partial charge is 0.435 e. The van der Waals surface area contributed by atoms with Crippen molar-refractivity contribution in [2.75, 3.05) is 18.1 Å². The molecule has 1 saturated heterocycles. The van der Waals surface area contributed by atoms with E-state index >= 15 is 0 Å². The summed E-state index contributed by atoms with van der Waals surface area (Å²) in [5, 5.41) is 0. The van der Waals surface area contributed by atoms with Crippen LogP contribution in [-0.4, -0.2) is 30.4 Å². The van der Waals surface area contributed by atoms with Crippen LogP contribution in [0.3, 0.4) is 0 Å². The predicted octanol–water partition coefficient (Wildman–Crippen LogP) is 5.28. The van der Waals surface area contributed by atoms with E-state index in [0.717, 1.165) is 43.6 Å². The van der Waals surface area contributed by atoms with Gasteiger partial charge in [0.05, 0.1) is 18.3 Å². The first-order valence-corrected chi connectivity index (χ1v) is 10.4. The average molecular weight is 345 g/mol. The van der Waals surface area contributed by atoms with Crippen molar-refractivity contribution in [2.24, 2.45) is 16.7 Å². The quantitative estimate of drug-likeness (QED) is 0.533. The van der Waals surface area contributed by atoms with Gasteiger partial charge in [0.2, 0.25) is 6.29 Å². The van der Waals surface area contributed by atoms with Gasteiger partial charge in [0.25, 0.3) is 0 Å². The molecule has 2 unspecified atom stereocenters. The van der Waals surface area contributed by atoms with Crippen LogP contribution in [0.15, 0.2) is 0 Å². The van der Waals surface area contributed by atoms with Gasteiger partial charge in [0, 0.05) is 5.75 Å². The van der Waals surface area contributed by atoms with Gasteiger partial charge in [-0.1, -0.05) is 54.4 Å². The summed E-state index contributed by atoms with van der Waals surface area (Å²) in [5.41, 5.74) is 0.182. The highest BCUT2D eigenvalue weighted by Gasteiger charge is 2.42. The summed E-state index contributed by atoms with van der Waals surface area (Å²) in [6.07, 6.45) is 4.70. The zero-order valence-electron chi connectivity index (χ0n) is 15.9. The fourth-order valence-corrected chi connectivity index (χ4v) is 3.87. The molecule has 1 aliphatic heterocycles. The molecule has 0 aromatic heterocycles. The molecule has 0 saturated carbocycles. The maximum Gasteiger partial charge on any atom is 0.311 e. The van der Waals surface area contributed by atoms with Gasteiger partial charge in [-0.3, -0.25) is 4.79 Å². The maximum absolute atomic E-state index is 13.0. The molecule has 0 amide bonds. The minimum Gasteiger partial charge on any atom is -0.435 e. The van der Waals surface area contributed by atoms with E-state index < -0.39 is 0 Å². The molecule has 0 radical (unpaired) electrons. The second-order valence-electron chi connectivity index (χ2n) is 7.45. The number of thioether (sulfide) groups is 1. The van der Waals surface area contributed by atoms with E-state index in [1.165, 1.54) is 0 Å². The zero-order chi connectivity index (χ0) is 17.5. The Balaban J connectivity index is 2.90. The van der Waals surface area contributed by atoms with Gasteiger partial charge in [-0.15, -0.1) is 0 Å². The molecular formula is C19H36O3S. The highest BCUT2D eigenvalue weighted by Crippen LogP contribution is 2.44. The van der Waals surface area contributed by atoms with Crippen molar-refractivity contribution >= 4 is 17.7 Å². The number of hydrogen-bond donors (Lipinski definition) is 0. The van der Waals surface area contributed by atoms with Crippen LogP contribution >= 0.6 is 11.8 Å². The van der Waals surface area contributed by atoms with Crippen LogP contribution < -0.4 is 0 Å². The number of esters is 1. The summed E-state index contributed by atoms with van der Waals surface area (Å²) in [5.74, 6) is 1.63. The molecule has 3 nitrogen and oxygen atoms in total. The summed E-state index contributed by atoms with van der Waals surface area (Å²) in [4.78, 5) is 13.0. The van der Waals surface area contributed by atoms with Crippen LogP contribution in [0, 0.1) is 16.7 Å². The van der Waals surface area contributed by atoms with E-state index in [-0.39, 0.29) is 29.0 Å². The second-order valence-corrected chi connectivity index (χ2v) is 8.60.